The molecular formula is C14H15NO3. The lowest BCUT2D eigenvalue weighted by Gasteiger charge is -2.17. The van der Waals surface area contributed by atoms with E-state index in [4.69, 9.17) is 5.11 Å². The molecule has 0 bridgehead atoms. The largest absolute Gasteiger partial charge is 0.481 e. The Balaban J connectivity index is 1.87. The molecule has 1 N–H and O–H groups in total. The fraction of sp³-hybridized carbons (Fsp3) is 0.429. The summed E-state index contributed by atoms with van der Waals surface area (Å²) in [5, 5.41) is 8.97. The first kappa shape index (κ1) is 11.3. The molecule has 18 heavy (non-hydrogen) atoms. The summed E-state index contributed by atoms with van der Waals surface area (Å²) in [5.74, 6) is -1.53. The minimum atomic E-state index is -0.882. The van der Waals surface area contributed by atoms with Crippen LogP contribution in [-0.2, 0) is 22.4 Å². The van der Waals surface area contributed by atoms with Crippen LogP contribution in [0.1, 0.15) is 24.0 Å². The first-order valence-electron chi connectivity index (χ1n) is 6.30. The molecule has 1 aromatic carbocycles. The van der Waals surface area contributed by atoms with Gasteiger partial charge in [0.2, 0.25) is 5.91 Å². The number of fused-ring (bicyclic) bond motifs is 1. The Morgan fingerprint density at radius 3 is 2.78 bits per heavy atom. The van der Waals surface area contributed by atoms with Gasteiger partial charge in [-0.3, -0.25) is 9.59 Å². The van der Waals surface area contributed by atoms with Gasteiger partial charge in [-0.15, -0.1) is 0 Å². The summed E-state index contributed by atoms with van der Waals surface area (Å²) in [5.41, 5.74) is 3.52. The van der Waals surface area contributed by atoms with Gasteiger partial charge in [0, 0.05) is 18.7 Å². The molecule has 1 aromatic rings. The van der Waals surface area contributed by atoms with Crippen molar-refractivity contribution >= 4 is 17.6 Å². The standard InChI is InChI=1S/C14H15NO3/c16-13-7-11(14(17)18)8-15(13)12-5-4-9-2-1-3-10(9)6-12/h4-6,11H,1-3,7-8H2,(H,17,18)/t11-/m1/s1. The number of carbonyl (C=O) groups excluding carboxylic acids is 1. The van der Waals surface area contributed by atoms with Crippen molar-refractivity contribution in [3.8, 4) is 0 Å². The maximum Gasteiger partial charge on any atom is 0.308 e. The molecule has 0 spiro atoms. The van der Waals surface area contributed by atoms with Crippen LogP contribution in [-0.4, -0.2) is 23.5 Å². The molecule has 1 aliphatic carbocycles. The van der Waals surface area contributed by atoms with E-state index in [1.807, 2.05) is 12.1 Å². The molecule has 1 fully saturated rings. The Labute approximate surface area is 105 Å². The van der Waals surface area contributed by atoms with E-state index in [0.29, 0.717) is 6.54 Å². The SMILES string of the molecule is O=C(O)[C@@H]1CC(=O)N(c2ccc3c(c2)CCC3)C1. The van der Waals surface area contributed by atoms with E-state index in [-0.39, 0.29) is 12.3 Å². The third-order valence-corrected chi connectivity index (χ3v) is 3.87. The quantitative estimate of drug-likeness (QED) is 0.861. The second-order valence-corrected chi connectivity index (χ2v) is 5.05. The molecule has 1 heterocycles. The number of carboxylic acids is 1. The van der Waals surface area contributed by atoms with Gasteiger partial charge in [-0.25, -0.2) is 0 Å². The highest BCUT2D eigenvalue weighted by Crippen LogP contribution is 2.30. The monoisotopic (exact) mass is 245 g/mol. The number of aliphatic carboxylic acids is 1. The van der Waals surface area contributed by atoms with Crippen molar-refractivity contribution in [3.05, 3.63) is 29.3 Å². The van der Waals surface area contributed by atoms with Crippen molar-refractivity contribution in [2.45, 2.75) is 25.7 Å². The number of nitrogens with zero attached hydrogens (tertiary/aromatic N) is 1. The van der Waals surface area contributed by atoms with Gasteiger partial charge in [-0.1, -0.05) is 6.07 Å². The highest BCUT2D eigenvalue weighted by molar-refractivity contribution is 5.99. The first-order valence-corrected chi connectivity index (χ1v) is 6.30. The van der Waals surface area contributed by atoms with Gasteiger partial charge in [0.05, 0.1) is 5.92 Å². The maximum absolute atomic E-state index is 11.9. The third kappa shape index (κ3) is 1.78. The van der Waals surface area contributed by atoms with E-state index < -0.39 is 11.9 Å². The number of rotatable bonds is 2. The third-order valence-electron chi connectivity index (χ3n) is 3.87. The summed E-state index contributed by atoms with van der Waals surface area (Å²) in [7, 11) is 0. The van der Waals surface area contributed by atoms with Gasteiger partial charge in [0.15, 0.2) is 0 Å². The minimum absolute atomic E-state index is 0.0830. The van der Waals surface area contributed by atoms with Gasteiger partial charge in [-0.05, 0) is 42.5 Å². The number of amides is 1. The van der Waals surface area contributed by atoms with Crippen LogP contribution in [0, 0.1) is 5.92 Å². The normalized spacial score (nSPS) is 22.3. The molecule has 0 saturated carbocycles. The molecule has 0 unspecified atom stereocenters. The summed E-state index contributed by atoms with van der Waals surface area (Å²) < 4.78 is 0. The Morgan fingerprint density at radius 2 is 2.06 bits per heavy atom. The molecule has 1 aliphatic heterocycles. The Hall–Kier alpha value is -1.84. The van der Waals surface area contributed by atoms with Crippen LogP contribution in [0.2, 0.25) is 0 Å². The fourth-order valence-electron chi connectivity index (χ4n) is 2.85. The van der Waals surface area contributed by atoms with Crippen LogP contribution in [0.15, 0.2) is 18.2 Å². The van der Waals surface area contributed by atoms with Gasteiger partial charge in [0.1, 0.15) is 0 Å². The van der Waals surface area contributed by atoms with Crippen LogP contribution >= 0.6 is 0 Å². The second kappa shape index (κ2) is 4.12. The van der Waals surface area contributed by atoms with Crippen molar-refractivity contribution in [3.63, 3.8) is 0 Å². The number of benzene rings is 1. The van der Waals surface area contributed by atoms with Crippen LogP contribution in [0.3, 0.4) is 0 Å². The molecule has 4 heteroatoms. The van der Waals surface area contributed by atoms with E-state index in [9.17, 15) is 9.59 Å². The molecule has 0 radical (unpaired) electrons. The van der Waals surface area contributed by atoms with Crippen LogP contribution in [0.4, 0.5) is 5.69 Å². The van der Waals surface area contributed by atoms with Gasteiger partial charge >= 0.3 is 5.97 Å². The summed E-state index contributed by atoms with van der Waals surface area (Å²) >= 11 is 0. The second-order valence-electron chi connectivity index (χ2n) is 5.05. The Kier molecular flexibility index (Phi) is 2.58. The zero-order chi connectivity index (χ0) is 12.7. The number of carbonyl (C=O) groups is 2. The first-order chi connectivity index (χ1) is 8.65. The molecule has 1 atom stereocenters. The van der Waals surface area contributed by atoms with Crippen LogP contribution < -0.4 is 4.90 Å². The maximum atomic E-state index is 11.9. The minimum Gasteiger partial charge on any atom is -0.481 e. The average molecular weight is 245 g/mol. The van der Waals surface area contributed by atoms with Crippen molar-refractivity contribution in [2.24, 2.45) is 5.92 Å². The molecule has 3 rings (SSSR count). The number of hydrogen-bond donors (Lipinski definition) is 1. The lowest BCUT2D eigenvalue weighted by atomic mass is 10.1. The Bertz CT molecular complexity index is 524. The average Bonchev–Trinajstić information content (AvgIpc) is 2.93. The summed E-state index contributed by atoms with van der Waals surface area (Å²) in [6, 6.07) is 6.05. The fourth-order valence-corrected chi connectivity index (χ4v) is 2.85. The zero-order valence-corrected chi connectivity index (χ0v) is 10.1. The van der Waals surface area contributed by atoms with Gasteiger partial charge in [0.25, 0.3) is 0 Å². The number of aryl methyl sites for hydroxylation is 2. The predicted molar refractivity (Wildman–Crippen MR) is 66.6 cm³/mol. The molecule has 2 aliphatic rings. The molecule has 94 valence electrons. The lowest BCUT2D eigenvalue weighted by Crippen LogP contribution is -2.25. The van der Waals surface area contributed by atoms with Crippen molar-refractivity contribution in [2.75, 3.05) is 11.4 Å². The van der Waals surface area contributed by atoms with Crippen molar-refractivity contribution in [1.29, 1.82) is 0 Å². The summed E-state index contributed by atoms with van der Waals surface area (Å²) in [6.07, 6.45) is 3.46. The highest BCUT2D eigenvalue weighted by Gasteiger charge is 2.35. The number of hydrogen-bond acceptors (Lipinski definition) is 2. The number of carboxylic acid groups (broad SMARTS) is 1. The summed E-state index contributed by atoms with van der Waals surface area (Å²) in [6.45, 7) is 0.299. The van der Waals surface area contributed by atoms with Crippen molar-refractivity contribution < 1.29 is 14.7 Å². The van der Waals surface area contributed by atoms with E-state index in [2.05, 4.69) is 6.07 Å². The van der Waals surface area contributed by atoms with E-state index >= 15 is 0 Å². The lowest BCUT2D eigenvalue weighted by molar-refractivity contribution is -0.141. The molecular weight excluding hydrogens is 230 g/mol. The Morgan fingerprint density at radius 1 is 1.28 bits per heavy atom. The molecule has 0 aromatic heterocycles. The molecule has 1 amide bonds. The van der Waals surface area contributed by atoms with E-state index in [1.54, 1.807) is 4.90 Å². The smallest absolute Gasteiger partial charge is 0.308 e. The molecule has 4 nitrogen and oxygen atoms in total. The van der Waals surface area contributed by atoms with Crippen molar-refractivity contribution in [1.82, 2.24) is 0 Å². The highest BCUT2D eigenvalue weighted by atomic mass is 16.4. The van der Waals surface area contributed by atoms with Crippen LogP contribution in [0.25, 0.3) is 0 Å². The zero-order valence-electron chi connectivity index (χ0n) is 10.1. The van der Waals surface area contributed by atoms with Crippen LogP contribution in [0.5, 0.6) is 0 Å². The number of anilines is 1. The summed E-state index contributed by atoms with van der Waals surface area (Å²) in [4.78, 5) is 24.4. The van der Waals surface area contributed by atoms with Gasteiger partial charge < -0.3 is 10.0 Å². The predicted octanol–water partition coefficient (Wildman–Crippen LogP) is 1.61. The molecule has 1 saturated heterocycles. The van der Waals surface area contributed by atoms with Gasteiger partial charge in [-0.2, -0.15) is 0 Å². The van der Waals surface area contributed by atoms with E-state index in [0.717, 1.165) is 18.5 Å². The van der Waals surface area contributed by atoms with E-state index in [1.165, 1.54) is 17.5 Å². The topological polar surface area (TPSA) is 57.6 Å².